The molecule has 2 heterocycles. The lowest BCUT2D eigenvalue weighted by atomic mass is 9.77. The number of hydrogen-bond acceptors (Lipinski definition) is 4. The monoisotopic (exact) mass is 429 g/mol. The molecule has 0 saturated heterocycles. The van der Waals surface area contributed by atoms with Gasteiger partial charge < -0.3 is 25.9 Å². The number of benzene rings is 2. The average Bonchev–Trinajstić information content (AvgIpc) is 3.51. The minimum absolute atomic E-state index is 0.0276. The highest BCUT2D eigenvalue weighted by atomic mass is 16.5. The van der Waals surface area contributed by atoms with Gasteiger partial charge in [0, 0.05) is 29.2 Å². The summed E-state index contributed by atoms with van der Waals surface area (Å²) in [5, 5.41) is 10.7. The summed E-state index contributed by atoms with van der Waals surface area (Å²) < 4.78 is 8.24. The number of hydrogen-bond donors (Lipinski definition) is 3. The van der Waals surface area contributed by atoms with Gasteiger partial charge in [-0.2, -0.15) is 0 Å². The topological polar surface area (TPSA) is 104 Å². The zero-order chi connectivity index (χ0) is 22.2. The fourth-order valence-corrected chi connectivity index (χ4v) is 5.75. The molecule has 6 rings (SSSR count). The Labute approximate surface area is 186 Å². The second kappa shape index (κ2) is 6.70. The summed E-state index contributed by atoms with van der Waals surface area (Å²) in [6.45, 7) is 5.34. The van der Waals surface area contributed by atoms with Crippen LogP contribution in [0.5, 0.6) is 5.75 Å². The average molecular weight is 430 g/mol. The summed E-state index contributed by atoms with van der Waals surface area (Å²) in [4.78, 5) is 11.7. The Balaban J connectivity index is 1.58. The molecule has 2 aliphatic carbocycles. The van der Waals surface area contributed by atoms with Crippen LogP contribution in [-0.2, 0) is 12.1 Å². The van der Waals surface area contributed by atoms with Crippen molar-refractivity contribution in [1.29, 1.82) is 0 Å². The Hall–Kier alpha value is -3.09. The Kier molecular flexibility index (Phi) is 4.10. The number of nitrogens with two attached hydrogens (primary N) is 2. The van der Waals surface area contributed by atoms with Crippen LogP contribution >= 0.6 is 0 Å². The molecule has 32 heavy (non-hydrogen) atoms. The lowest BCUT2D eigenvalue weighted by Crippen LogP contribution is -2.49. The molecule has 3 atom stereocenters. The zero-order valence-corrected chi connectivity index (χ0v) is 17.9. The summed E-state index contributed by atoms with van der Waals surface area (Å²) in [5.41, 5.74) is 18.6. The van der Waals surface area contributed by atoms with Gasteiger partial charge >= 0.3 is 5.97 Å². The highest BCUT2D eigenvalue weighted by Crippen LogP contribution is 2.58. The van der Waals surface area contributed by atoms with Crippen LogP contribution in [0.2, 0.25) is 0 Å². The van der Waals surface area contributed by atoms with Crippen molar-refractivity contribution in [1.82, 2.24) is 4.57 Å². The van der Waals surface area contributed by atoms with E-state index in [0.29, 0.717) is 18.3 Å². The van der Waals surface area contributed by atoms with Crippen LogP contribution in [0.25, 0.3) is 17.0 Å². The van der Waals surface area contributed by atoms with Crippen LogP contribution in [0, 0.1) is 5.92 Å². The molecule has 0 radical (unpaired) electrons. The van der Waals surface area contributed by atoms with Gasteiger partial charge in [-0.05, 0) is 66.0 Å². The van der Waals surface area contributed by atoms with Crippen molar-refractivity contribution in [3.63, 3.8) is 0 Å². The van der Waals surface area contributed by atoms with Crippen molar-refractivity contribution < 1.29 is 14.6 Å². The molecular formula is C26H27N3O3. The number of fused-ring (bicyclic) bond motifs is 1. The van der Waals surface area contributed by atoms with Gasteiger partial charge in [-0.1, -0.05) is 24.8 Å². The van der Waals surface area contributed by atoms with Crippen molar-refractivity contribution in [2.45, 2.75) is 43.3 Å². The van der Waals surface area contributed by atoms with Crippen LogP contribution in [0.15, 0.2) is 43.0 Å². The molecule has 164 valence electrons. The minimum atomic E-state index is -0.990. The van der Waals surface area contributed by atoms with E-state index in [1.807, 2.05) is 6.08 Å². The number of aromatic carboxylic acids is 1. The minimum Gasteiger partial charge on any atom is -0.493 e. The van der Waals surface area contributed by atoms with Gasteiger partial charge in [0.15, 0.2) is 0 Å². The fraction of sp³-hybridized carbons (Fsp3) is 0.346. The van der Waals surface area contributed by atoms with E-state index in [4.69, 9.17) is 16.2 Å². The highest BCUT2D eigenvalue weighted by molar-refractivity contribution is 5.89. The lowest BCUT2D eigenvalue weighted by molar-refractivity contribution is 0.0696. The second-order valence-electron chi connectivity index (χ2n) is 9.49. The number of nitrogens with zero attached hydrogens (tertiary/aromatic N) is 1. The largest absolute Gasteiger partial charge is 0.493 e. The van der Waals surface area contributed by atoms with E-state index < -0.39 is 17.6 Å². The number of carbonyl (C=O) groups is 1. The van der Waals surface area contributed by atoms with E-state index in [9.17, 15) is 9.90 Å². The molecule has 1 aliphatic heterocycles. The molecule has 0 amide bonds. The first-order valence-corrected chi connectivity index (χ1v) is 11.3. The summed E-state index contributed by atoms with van der Waals surface area (Å²) in [6, 6.07) is 11.3. The molecular weight excluding hydrogens is 402 g/mol. The van der Waals surface area contributed by atoms with Gasteiger partial charge in [-0.15, -0.1) is 0 Å². The van der Waals surface area contributed by atoms with Gasteiger partial charge in [0.2, 0.25) is 0 Å². The van der Waals surface area contributed by atoms with Crippen LogP contribution < -0.4 is 16.2 Å². The summed E-state index contributed by atoms with van der Waals surface area (Å²) in [7, 11) is 0. The first-order valence-electron chi connectivity index (χ1n) is 11.3. The number of carboxylic acids is 1. The number of rotatable bonds is 5. The van der Waals surface area contributed by atoms with E-state index in [0.717, 1.165) is 46.3 Å². The Morgan fingerprint density at radius 3 is 2.78 bits per heavy atom. The molecule has 2 aromatic carbocycles. The zero-order valence-electron chi connectivity index (χ0n) is 17.9. The van der Waals surface area contributed by atoms with Crippen LogP contribution in [-0.4, -0.2) is 22.2 Å². The molecule has 1 fully saturated rings. The van der Waals surface area contributed by atoms with E-state index in [-0.39, 0.29) is 11.5 Å². The van der Waals surface area contributed by atoms with Crippen molar-refractivity contribution in [3.05, 3.63) is 70.9 Å². The molecule has 3 aliphatic rings. The fourth-order valence-electron chi connectivity index (χ4n) is 5.75. The lowest BCUT2D eigenvalue weighted by Gasteiger charge is -2.38. The van der Waals surface area contributed by atoms with Crippen LogP contribution in [0.4, 0.5) is 0 Å². The molecule has 6 heteroatoms. The first kappa shape index (κ1) is 19.6. The summed E-state index contributed by atoms with van der Waals surface area (Å²) >= 11 is 0. The highest BCUT2D eigenvalue weighted by Gasteiger charge is 2.54. The SMILES string of the molecule is C=Cc1ccc2cc([C@]3(N)C(N)c4cc(C(=O)O)cc5c4C3CCO5)n(CC3CC3)c2c1. The standard InChI is InChI=1S/C26H27N3O3/c1-2-14-5-6-16-12-22(29(20(16)9-14)13-15-3-4-15)26(28)19-7-8-32-21-11-17(25(30)31)10-18(23(19)21)24(26)27/h2,5-6,9-12,15,19,24H,1,3-4,7-8,13,27-28H2,(H,30,31)/t19?,24?,26-/m0/s1. The number of ether oxygens (including phenoxy) is 1. The molecule has 0 bridgehead atoms. The maximum atomic E-state index is 11.7. The Bertz CT molecular complexity index is 1290. The molecule has 5 N–H and O–H groups in total. The third-order valence-corrected chi connectivity index (χ3v) is 7.61. The normalized spacial score (nSPS) is 26.1. The Morgan fingerprint density at radius 1 is 1.25 bits per heavy atom. The van der Waals surface area contributed by atoms with E-state index >= 15 is 0 Å². The predicted octanol–water partition coefficient (Wildman–Crippen LogP) is 4.13. The van der Waals surface area contributed by atoms with E-state index in [1.165, 1.54) is 12.8 Å². The van der Waals surface area contributed by atoms with Gasteiger partial charge in [-0.3, -0.25) is 0 Å². The summed E-state index contributed by atoms with van der Waals surface area (Å²) in [6.07, 6.45) is 5.07. The maximum Gasteiger partial charge on any atom is 0.335 e. The van der Waals surface area contributed by atoms with Crippen LogP contribution in [0.1, 0.15) is 64.0 Å². The van der Waals surface area contributed by atoms with Gasteiger partial charge in [0.1, 0.15) is 5.75 Å². The predicted molar refractivity (Wildman–Crippen MR) is 124 cm³/mol. The molecule has 6 nitrogen and oxygen atoms in total. The van der Waals surface area contributed by atoms with Gasteiger partial charge in [-0.25, -0.2) is 4.79 Å². The summed E-state index contributed by atoms with van der Waals surface area (Å²) in [5.74, 6) is 0.249. The van der Waals surface area contributed by atoms with E-state index in [2.05, 4.69) is 35.4 Å². The van der Waals surface area contributed by atoms with Gasteiger partial charge in [0.25, 0.3) is 0 Å². The Morgan fingerprint density at radius 2 is 2.06 bits per heavy atom. The quantitative estimate of drug-likeness (QED) is 0.566. The number of carboxylic acid groups (broad SMARTS) is 1. The van der Waals surface area contributed by atoms with Crippen molar-refractivity contribution in [2.24, 2.45) is 17.4 Å². The number of aromatic nitrogens is 1. The molecule has 2 unspecified atom stereocenters. The molecule has 0 spiro atoms. The van der Waals surface area contributed by atoms with Crippen molar-refractivity contribution in [3.8, 4) is 5.75 Å². The maximum absolute atomic E-state index is 11.7. The molecule has 1 aromatic heterocycles. The van der Waals surface area contributed by atoms with Crippen molar-refractivity contribution >= 4 is 22.9 Å². The first-order chi connectivity index (χ1) is 15.4. The molecule has 1 saturated carbocycles. The third-order valence-electron chi connectivity index (χ3n) is 7.61. The second-order valence-corrected chi connectivity index (χ2v) is 9.49. The third kappa shape index (κ3) is 2.63. The van der Waals surface area contributed by atoms with Crippen LogP contribution in [0.3, 0.4) is 0 Å². The van der Waals surface area contributed by atoms with Crippen molar-refractivity contribution in [2.75, 3.05) is 6.61 Å². The molecule has 3 aromatic rings. The van der Waals surface area contributed by atoms with E-state index in [1.54, 1.807) is 12.1 Å². The van der Waals surface area contributed by atoms with Gasteiger partial charge in [0.05, 0.1) is 23.8 Å². The smallest absolute Gasteiger partial charge is 0.335 e.